The van der Waals surface area contributed by atoms with E-state index >= 15 is 0 Å². The molecule has 0 bridgehead atoms. The first-order chi connectivity index (χ1) is 15.6. The molecule has 170 valence electrons. The maximum atomic E-state index is 12.2. The van der Waals surface area contributed by atoms with Crippen molar-refractivity contribution >= 4 is 22.7 Å². The lowest BCUT2D eigenvalue weighted by atomic mass is 10.1. The highest BCUT2D eigenvalue weighted by atomic mass is 16.6. The quantitative estimate of drug-likeness (QED) is 0.417. The van der Waals surface area contributed by atoms with E-state index in [1.165, 1.54) is 6.33 Å². The van der Waals surface area contributed by atoms with Gasteiger partial charge in [-0.05, 0) is 43.2 Å². The van der Waals surface area contributed by atoms with Gasteiger partial charge in [0.15, 0.2) is 11.5 Å². The molecule has 2 aromatic carbocycles. The summed E-state index contributed by atoms with van der Waals surface area (Å²) in [5.41, 5.74) is 1.29. The van der Waals surface area contributed by atoms with Crippen LogP contribution in [0.25, 0.3) is 10.9 Å². The molecule has 1 atom stereocenters. The fraction of sp³-hybridized carbons (Fsp3) is 0.375. The van der Waals surface area contributed by atoms with Crippen molar-refractivity contribution in [2.75, 3.05) is 19.5 Å². The van der Waals surface area contributed by atoms with E-state index in [0.717, 1.165) is 25.7 Å². The van der Waals surface area contributed by atoms with Crippen LogP contribution in [0.2, 0.25) is 0 Å². The van der Waals surface area contributed by atoms with Crippen molar-refractivity contribution in [2.45, 2.75) is 45.6 Å². The monoisotopic (exact) mass is 439 g/mol. The van der Waals surface area contributed by atoms with Crippen molar-refractivity contribution in [1.82, 2.24) is 9.97 Å². The second-order valence-electron chi connectivity index (χ2n) is 7.23. The zero-order valence-corrected chi connectivity index (χ0v) is 18.9. The molecule has 32 heavy (non-hydrogen) atoms. The summed E-state index contributed by atoms with van der Waals surface area (Å²) in [5, 5.41) is 3.45. The van der Waals surface area contributed by atoms with Crippen LogP contribution in [0.5, 0.6) is 23.1 Å². The van der Waals surface area contributed by atoms with Gasteiger partial charge in [-0.15, -0.1) is 0 Å². The van der Waals surface area contributed by atoms with Crippen molar-refractivity contribution < 1.29 is 23.7 Å². The Hall–Kier alpha value is -3.55. The summed E-state index contributed by atoms with van der Waals surface area (Å²) in [6.07, 6.45) is 4.68. The van der Waals surface area contributed by atoms with Gasteiger partial charge < -0.3 is 18.9 Å². The van der Waals surface area contributed by atoms with Crippen molar-refractivity contribution in [3.63, 3.8) is 0 Å². The second-order valence-corrected chi connectivity index (χ2v) is 7.23. The molecule has 0 radical (unpaired) electrons. The fourth-order valence-corrected chi connectivity index (χ4v) is 3.24. The maximum Gasteiger partial charge on any atom is 0.411 e. The van der Waals surface area contributed by atoms with Gasteiger partial charge in [-0.3, -0.25) is 5.32 Å². The molecule has 0 aliphatic rings. The SMILES string of the molecule is CCCCC(CC)OC(=O)Nc1ccc(Oc2ncnc3cc(OC)c(OC)cc23)cc1. The Kier molecular flexibility index (Phi) is 8.08. The number of nitrogens with zero attached hydrogens (tertiary/aromatic N) is 2. The van der Waals surface area contributed by atoms with Gasteiger partial charge in [-0.2, -0.15) is 0 Å². The number of carbonyl (C=O) groups excluding carboxylic acids is 1. The minimum atomic E-state index is -0.454. The lowest BCUT2D eigenvalue weighted by Gasteiger charge is -2.16. The van der Waals surface area contributed by atoms with Crippen LogP contribution in [0.3, 0.4) is 0 Å². The molecule has 0 fully saturated rings. The summed E-state index contributed by atoms with van der Waals surface area (Å²) >= 11 is 0. The van der Waals surface area contributed by atoms with Gasteiger partial charge in [0.05, 0.1) is 25.1 Å². The summed E-state index contributed by atoms with van der Waals surface area (Å²) in [6, 6.07) is 10.5. The predicted molar refractivity (Wildman–Crippen MR) is 123 cm³/mol. The molecule has 0 spiro atoms. The Labute approximate surface area is 187 Å². The van der Waals surface area contributed by atoms with E-state index in [1.807, 2.05) is 6.92 Å². The van der Waals surface area contributed by atoms with E-state index in [9.17, 15) is 4.79 Å². The third-order valence-corrected chi connectivity index (χ3v) is 5.03. The molecule has 8 heteroatoms. The van der Waals surface area contributed by atoms with Gasteiger partial charge >= 0.3 is 6.09 Å². The lowest BCUT2D eigenvalue weighted by Crippen LogP contribution is -2.21. The van der Waals surface area contributed by atoms with Gasteiger partial charge in [0.1, 0.15) is 18.2 Å². The predicted octanol–water partition coefficient (Wildman–Crippen LogP) is 5.96. The highest BCUT2D eigenvalue weighted by molar-refractivity contribution is 5.87. The highest BCUT2D eigenvalue weighted by Gasteiger charge is 2.14. The number of ether oxygens (including phenoxy) is 4. The zero-order valence-electron chi connectivity index (χ0n) is 18.9. The van der Waals surface area contributed by atoms with Crippen molar-refractivity contribution in [2.24, 2.45) is 0 Å². The smallest absolute Gasteiger partial charge is 0.411 e. The molecule has 0 aliphatic heterocycles. The van der Waals surface area contributed by atoms with E-state index in [0.29, 0.717) is 39.7 Å². The van der Waals surface area contributed by atoms with E-state index in [4.69, 9.17) is 18.9 Å². The third-order valence-electron chi connectivity index (χ3n) is 5.03. The van der Waals surface area contributed by atoms with Gasteiger partial charge in [0.2, 0.25) is 5.88 Å². The number of amides is 1. The Morgan fingerprint density at radius 2 is 1.75 bits per heavy atom. The van der Waals surface area contributed by atoms with Crippen LogP contribution >= 0.6 is 0 Å². The largest absolute Gasteiger partial charge is 0.493 e. The minimum absolute atomic E-state index is 0.0702. The normalized spacial score (nSPS) is 11.6. The van der Waals surface area contributed by atoms with Crippen LogP contribution in [0.15, 0.2) is 42.7 Å². The molecule has 3 rings (SSSR count). The van der Waals surface area contributed by atoms with E-state index < -0.39 is 6.09 Å². The molecule has 3 aromatic rings. The summed E-state index contributed by atoms with van der Waals surface area (Å²) < 4.78 is 22.2. The number of benzene rings is 2. The number of carbonyl (C=O) groups is 1. The van der Waals surface area contributed by atoms with Crippen molar-refractivity contribution in [3.05, 3.63) is 42.7 Å². The number of rotatable bonds is 10. The minimum Gasteiger partial charge on any atom is -0.493 e. The summed E-state index contributed by atoms with van der Waals surface area (Å²) in [4.78, 5) is 20.7. The molecule has 1 aromatic heterocycles. The highest BCUT2D eigenvalue weighted by Crippen LogP contribution is 2.35. The molecule has 0 aliphatic carbocycles. The molecule has 0 saturated heterocycles. The molecular formula is C24H29N3O5. The number of hydrogen-bond acceptors (Lipinski definition) is 7. The second kappa shape index (κ2) is 11.2. The first-order valence-electron chi connectivity index (χ1n) is 10.7. The molecule has 1 amide bonds. The lowest BCUT2D eigenvalue weighted by molar-refractivity contribution is 0.101. The summed E-state index contributed by atoms with van der Waals surface area (Å²) in [5.74, 6) is 2.08. The average Bonchev–Trinajstić information content (AvgIpc) is 2.82. The Morgan fingerprint density at radius 1 is 1.03 bits per heavy atom. The summed E-state index contributed by atoms with van der Waals surface area (Å²) in [7, 11) is 3.14. The van der Waals surface area contributed by atoms with E-state index in [2.05, 4.69) is 22.2 Å². The van der Waals surface area contributed by atoms with Gasteiger partial charge in [-0.25, -0.2) is 14.8 Å². The summed E-state index contributed by atoms with van der Waals surface area (Å²) in [6.45, 7) is 4.14. The number of unbranched alkanes of at least 4 members (excludes halogenated alkanes) is 1. The van der Waals surface area contributed by atoms with E-state index in [1.54, 1.807) is 50.6 Å². The number of hydrogen-bond donors (Lipinski definition) is 1. The number of anilines is 1. The molecular weight excluding hydrogens is 410 g/mol. The number of nitrogens with one attached hydrogen (secondary N) is 1. The first kappa shape index (κ1) is 23.1. The van der Waals surface area contributed by atoms with Gasteiger partial charge in [0, 0.05) is 11.8 Å². The maximum absolute atomic E-state index is 12.2. The fourth-order valence-electron chi connectivity index (χ4n) is 3.24. The Morgan fingerprint density at radius 3 is 2.41 bits per heavy atom. The van der Waals surface area contributed by atoms with E-state index in [-0.39, 0.29) is 6.10 Å². The van der Waals surface area contributed by atoms with Crippen LogP contribution in [0, 0.1) is 0 Å². The number of fused-ring (bicyclic) bond motifs is 1. The zero-order chi connectivity index (χ0) is 22.9. The van der Waals surface area contributed by atoms with Crippen molar-refractivity contribution in [1.29, 1.82) is 0 Å². The topological polar surface area (TPSA) is 91.8 Å². The molecule has 8 nitrogen and oxygen atoms in total. The molecule has 1 unspecified atom stereocenters. The molecule has 1 N–H and O–H groups in total. The number of aromatic nitrogens is 2. The van der Waals surface area contributed by atoms with Crippen LogP contribution in [-0.2, 0) is 4.74 Å². The first-order valence-corrected chi connectivity index (χ1v) is 10.7. The molecule has 0 saturated carbocycles. The Bertz CT molecular complexity index is 1040. The Balaban J connectivity index is 1.69. The van der Waals surface area contributed by atoms with Crippen LogP contribution in [0.1, 0.15) is 39.5 Å². The standard InChI is InChI=1S/C24H29N3O5/c1-5-7-8-17(6-2)32-24(28)27-16-9-11-18(12-10-16)31-23-19-13-21(29-3)22(30-4)14-20(19)25-15-26-23/h9-15,17H,5-8H2,1-4H3,(H,27,28). The van der Waals surface area contributed by atoms with Crippen LogP contribution < -0.4 is 19.5 Å². The average molecular weight is 440 g/mol. The van der Waals surface area contributed by atoms with Crippen LogP contribution in [0.4, 0.5) is 10.5 Å². The number of methoxy groups -OCH3 is 2. The van der Waals surface area contributed by atoms with Crippen molar-refractivity contribution in [3.8, 4) is 23.1 Å². The van der Waals surface area contributed by atoms with Gasteiger partial charge in [0.25, 0.3) is 0 Å². The third kappa shape index (κ3) is 5.78. The van der Waals surface area contributed by atoms with Gasteiger partial charge in [-0.1, -0.05) is 26.7 Å². The van der Waals surface area contributed by atoms with Crippen LogP contribution in [-0.4, -0.2) is 36.4 Å². The molecule has 1 heterocycles.